The lowest BCUT2D eigenvalue weighted by molar-refractivity contribution is -0.143. The summed E-state index contributed by atoms with van der Waals surface area (Å²) in [6.45, 7) is 10.6. The molecule has 0 radical (unpaired) electrons. The third-order valence-corrected chi connectivity index (χ3v) is 4.65. The van der Waals surface area contributed by atoms with Crippen LogP contribution < -0.4 is 10.6 Å². The number of hydrogen-bond donors (Lipinski definition) is 2. The van der Waals surface area contributed by atoms with Crippen molar-refractivity contribution in [1.29, 1.82) is 0 Å². The van der Waals surface area contributed by atoms with E-state index in [0.717, 1.165) is 12.8 Å². The molecule has 168 valence electrons. The quantitative estimate of drug-likeness (QED) is 0.655. The Kier molecular flexibility index (Phi) is 7.72. The molecule has 2 rings (SSSR count). The number of carbonyl (C=O) groups excluding carboxylic acids is 3. The molecule has 7 heteroatoms. The van der Waals surface area contributed by atoms with Gasteiger partial charge in [-0.1, -0.05) is 18.1 Å². The Labute approximate surface area is 184 Å². The summed E-state index contributed by atoms with van der Waals surface area (Å²) in [5, 5.41) is 5.51. The number of rotatable bonds is 7. The maximum absolute atomic E-state index is 13.4. The van der Waals surface area contributed by atoms with Gasteiger partial charge in [-0.25, -0.2) is 4.79 Å². The van der Waals surface area contributed by atoms with Gasteiger partial charge in [-0.2, -0.15) is 0 Å². The van der Waals surface area contributed by atoms with Crippen molar-refractivity contribution in [3.63, 3.8) is 0 Å². The fraction of sp³-hybridized carbons (Fsp3) is 0.542. The number of alkyl carbamates (subject to hydrolysis) is 1. The van der Waals surface area contributed by atoms with Crippen LogP contribution in [0.5, 0.6) is 0 Å². The Bertz CT molecular complexity index is 845. The number of nitrogens with zero attached hydrogens (tertiary/aromatic N) is 1. The van der Waals surface area contributed by atoms with E-state index in [-0.39, 0.29) is 23.9 Å². The summed E-state index contributed by atoms with van der Waals surface area (Å²) in [6.07, 6.45) is 6.39. The fourth-order valence-electron chi connectivity index (χ4n) is 3.20. The first-order valence-corrected chi connectivity index (χ1v) is 10.6. The molecule has 2 atom stereocenters. The summed E-state index contributed by atoms with van der Waals surface area (Å²) < 4.78 is 5.27. The summed E-state index contributed by atoms with van der Waals surface area (Å²) in [7, 11) is 0. The van der Waals surface area contributed by atoms with E-state index in [0.29, 0.717) is 11.1 Å². The van der Waals surface area contributed by atoms with Crippen molar-refractivity contribution in [3.05, 3.63) is 35.4 Å². The zero-order valence-electron chi connectivity index (χ0n) is 19.2. The highest BCUT2D eigenvalue weighted by Crippen LogP contribution is 2.35. The summed E-state index contributed by atoms with van der Waals surface area (Å²) in [6, 6.07) is 5.22. The fourth-order valence-corrected chi connectivity index (χ4v) is 3.20. The summed E-state index contributed by atoms with van der Waals surface area (Å²) in [5.74, 6) is 1.95. The first kappa shape index (κ1) is 24.3. The van der Waals surface area contributed by atoms with E-state index >= 15 is 0 Å². The number of benzene rings is 1. The predicted octanol–water partition coefficient (Wildman–Crippen LogP) is 3.14. The van der Waals surface area contributed by atoms with Gasteiger partial charge < -0.3 is 20.3 Å². The van der Waals surface area contributed by atoms with E-state index in [1.54, 1.807) is 56.9 Å². The molecule has 1 aromatic rings. The average Bonchev–Trinajstić information content (AvgIpc) is 3.48. The second-order valence-corrected chi connectivity index (χ2v) is 9.18. The van der Waals surface area contributed by atoms with Gasteiger partial charge in [0.15, 0.2) is 0 Å². The van der Waals surface area contributed by atoms with Gasteiger partial charge in [0.05, 0.1) is 0 Å². The molecule has 2 unspecified atom stereocenters. The van der Waals surface area contributed by atoms with Crippen LogP contribution in [0.3, 0.4) is 0 Å². The van der Waals surface area contributed by atoms with Crippen LogP contribution >= 0.6 is 0 Å². The molecule has 1 aromatic carbocycles. The minimum Gasteiger partial charge on any atom is -0.444 e. The Hall–Kier alpha value is -3.01. The molecule has 1 fully saturated rings. The molecule has 1 aliphatic rings. The van der Waals surface area contributed by atoms with E-state index in [1.165, 1.54) is 0 Å². The van der Waals surface area contributed by atoms with Crippen LogP contribution in [0, 0.1) is 12.3 Å². The lowest BCUT2D eigenvalue weighted by Gasteiger charge is -2.34. The number of hydrogen-bond acceptors (Lipinski definition) is 4. The Morgan fingerprint density at radius 1 is 1.10 bits per heavy atom. The average molecular weight is 428 g/mol. The zero-order valence-corrected chi connectivity index (χ0v) is 19.2. The molecule has 0 bridgehead atoms. The predicted molar refractivity (Wildman–Crippen MR) is 119 cm³/mol. The van der Waals surface area contributed by atoms with Crippen molar-refractivity contribution in [2.24, 2.45) is 0 Å². The third kappa shape index (κ3) is 7.02. The van der Waals surface area contributed by atoms with Gasteiger partial charge in [0.2, 0.25) is 11.8 Å². The monoisotopic (exact) mass is 427 g/mol. The number of terminal acetylenes is 1. The highest BCUT2D eigenvalue weighted by Gasteiger charge is 2.43. The van der Waals surface area contributed by atoms with Gasteiger partial charge in [-0.05, 0) is 72.1 Å². The first-order valence-electron chi connectivity index (χ1n) is 10.6. The molecule has 0 saturated heterocycles. The lowest BCUT2D eigenvalue weighted by atomic mass is 10.0. The van der Waals surface area contributed by atoms with Crippen molar-refractivity contribution in [3.8, 4) is 12.3 Å². The normalized spacial score (nSPS) is 15.4. The Morgan fingerprint density at radius 3 is 2.13 bits per heavy atom. The number of ether oxygens (including phenoxy) is 1. The van der Waals surface area contributed by atoms with Gasteiger partial charge in [-0.3, -0.25) is 9.59 Å². The van der Waals surface area contributed by atoms with Crippen LogP contribution in [0.25, 0.3) is 0 Å². The van der Waals surface area contributed by atoms with E-state index in [2.05, 4.69) is 16.6 Å². The Balaban J connectivity index is 2.32. The molecule has 1 aliphatic carbocycles. The van der Waals surface area contributed by atoms with Crippen molar-refractivity contribution >= 4 is 17.9 Å². The molecule has 7 nitrogen and oxygen atoms in total. The first-order chi connectivity index (χ1) is 14.4. The maximum Gasteiger partial charge on any atom is 0.408 e. The Morgan fingerprint density at radius 2 is 1.68 bits per heavy atom. The molecule has 0 heterocycles. The van der Waals surface area contributed by atoms with Gasteiger partial charge in [0.25, 0.3) is 0 Å². The molecule has 2 N–H and O–H groups in total. The van der Waals surface area contributed by atoms with Crippen molar-refractivity contribution < 1.29 is 19.1 Å². The molecular formula is C24H33N3O4. The number of amides is 3. The van der Waals surface area contributed by atoms with Crippen molar-refractivity contribution in [2.45, 2.75) is 84.2 Å². The zero-order chi connectivity index (χ0) is 23.3. The molecule has 1 saturated carbocycles. The standard InChI is InChI=1S/C24H33N3O4/c1-8-17-9-11-18(12-10-17)20(21(28)25-15(2)3)27(19-13-14-19)22(29)16(4)26-23(30)31-24(5,6)7/h1,9-12,15-16,19-20H,13-14H2,2-7H3,(H,25,28)(H,26,30). The minimum atomic E-state index is -0.852. The number of carbonyl (C=O) groups is 3. The highest BCUT2D eigenvalue weighted by atomic mass is 16.6. The third-order valence-electron chi connectivity index (χ3n) is 4.65. The van der Waals surface area contributed by atoms with E-state index in [9.17, 15) is 14.4 Å². The molecule has 0 aliphatic heterocycles. The van der Waals surface area contributed by atoms with Crippen molar-refractivity contribution in [1.82, 2.24) is 15.5 Å². The van der Waals surface area contributed by atoms with Crippen LogP contribution in [0.1, 0.15) is 71.6 Å². The summed E-state index contributed by atoms with van der Waals surface area (Å²) >= 11 is 0. The van der Waals surface area contributed by atoms with Gasteiger partial charge >= 0.3 is 6.09 Å². The second kappa shape index (κ2) is 9.86. The molecule has 0 spiro atoms. The van der Waals surface area contributed by atoms with E-state index in [1.807, 2.05) is 13.8 Å². The largest absolute Gasteiger partial charge is 0.444 e. The lowest BCUT2D eigenvalue weighted by Crippen LogP contribution is -2.53. The molecule has 0 aromatic heterocycles. The van der Waals surface area contributed by atoms with Crippen LogP contribution in [0.2, 0.25) is 0 Å². The van der Waals surface area contributed by atoms with Crippen molar-refractivity contribution in [2.75, 3.05) is 0 Å². The molecule has 31 heavy (non-hydrogen) atoms. The summed E-state index contributed by atoms with van der Waals surface area (Å²) in [4.78, 5) is 40.3. The van der Waals surface area contributed by atoms with E-state index < -0.39 is 23.8 Å². The van der Waals surface area contributed by atoms with Gasteiger partial charge in [-0.15, -0.1) is 6.42 Å². The van der Waals surface area contributed by atoms with E-state index in [4.69, 9.17) is 11.2 Å². The van der Waals surface area contributed by atoms with Crippen LogP contribution in [-0.4, -0.2) is 46.5 Å². The van der Waals surface area contributed by atoms with Gasteiger partial charge in [0.1, 0.15) is 17.7 Å². The minimum absolute atomic E-state index is 0.0643. The SMILES string of the molecule is C#Cc1ccc(C(C(=O)NC(C)C)N(C(=O)C(C)NC(=O)OC(C)(C)C)C2CC2)cc1. The van der Waals surface area contributed by atoms with Gasteiger partial charge in [0, 0.05) is 17.6 Å². The molecule has 3 amide bonds. The smallest absolute Gasteiger partial charge is 0.408 e. The topological polar surface area (TPSA) is 87.7 Å². The second-order valence-electron chi connectivity index (χ2n) is 9.18. The number of nitrogens with one attached hydrogen (secondary N) is 2. The van der Waals surface area contributed by atoms with Crippen LogP contribution in [-0.2, 0) is 14.3 Å². The highest BCUT2D eigenvalue weighted by molar-refractivity contribution is 5.92. The molecular weight excluding hydrogens is 394 g/mol. The van der Waals surface area contributed by atoms with Crippen LogP contribution in [0.15, 0.2) is 24.3 Å². The maximum atomic E-state index is 13.4. The van der Waals surface area contributed by atoms with Crippen LogP contribution in [0.4, 0.5) is 4.79 Å². The summed E-state index contributed by atoms with van der Waals surface area (Å²) in [5.41, 5.74) is 0.680.